The van der Waals surface area contributed by atoms with Crippen molar-refractivity contribution in [1.29, 1.82) is 0 Å². The van der Waals surface area contributed by atoms with E-state index >= 15 is 0 Å². The van der Waals surface area contributed by atoms with Crippen molar-refractivity contribution in [1.82, 2.24) is 0 Å². The molecule has 2 heteroatoms. The highest BCUT2D eigenvalue weighted by molar-refractivity contribution is 5.16. The third-order valence-electron chi connectivity index (χ3n) is 5.29. The molecule has 0 saturated heterocycles. The molecule has 0 unspecified atom stereocenters. The van der Waals surface area contributed by atoms with Gasteiger partial charge in [0.1, 0.15) is 5.82 Å². The molecule has 1 fully saturated rings. The Bertz CT molecular complexity index is 441. The van der Waals surface area contributed by atoms with Gasteiger partial charge in [-0.15, -0.1) is 0 Å². The van der Waals surface area contributed by atoms with E-state index in [1.54, 1.807) is 18.2 Å². The number of allylic oxidation sites excluding steroid dienone is 1. The monoisotopic (exact) mass is 320 g/mol. The second-order valence-corrected chi connectivity index (χ2v) is 7.05. The SMILES string of the molecule is F/C=C/CCCCCC1CCC(CCc2ccc(F)cc2)CC1. The lowest BCUT2D eigenvalue weighted by atomic mass is 9.78. The second kappa shape index (κ2) is 10.6. The molecule has 0 spiro atoms. The quantitative estimate of drug-likeness (QED) is 0.430. The van der Waals surface area contributed by atoms with Crippen molar-refractivity contribution in [3.63, 3.8) is 0 Å². The zero-order valence-corrected chi connectivity index (χ0v) is 14.2. The molecule has 0 aromatic heterocycles. The third kappa shape index (κ3) is 7.28. The van der Waals surface area contributed by atoms with Crippen molar-refractivity contribution in [2.75, 3.05) is 0 Å². The van der Waals surface area contributed by atoms with Crippen molar-refractivity contribution in [2.24, 2.45) is 11.8 Å². The van der Waals surface area contributed by atoms with Crippen LogP contribution in [-0.2, 0) is 6.42 Å². The van der Waals surface area contributed by atoms with Gasteiger partial charge in [0.2, 0.25) is 0 Å². The van der Waals surface area contributed by atoms with Gasteiger partial charge in [0.15, 0.2) is 0 Å². The van der Waals surface area contributed by atoms with E-state index in [1.807, 2.05) is 12.1 Å². The van der Waals surface area contributed by atoms with E-state index in [0.29, 0.717) is 6.33 Å². The van der Waals surface area contributed by atoms with Crippen LogP contribution >= 0.6 is 0 Å². The molecule has 0 bridgehead atoms. The van der Waals surface area contributed by atoms with Crippen LogP contribution in [0.5, 0.6) is 0 Å². The van der Waals surface area contributed by atoms with Gasteiger partial charge in [-0.1, -0.05) is 63.2 Å². The van der Waals surface area contributed by atoms with Crippen LogP contribution in [0.3, 0.4) is 0 Å². The Morgan fingerprint density at radius 3 is 2.17 bits per heavy atom. The molecule has 0 radical (unpaired) electrons. The molecule has 1 aromatic rings. The molecule has 0 heterocycles. The molecule has 1 aliphatic rings. The summed E-state index contributed by atoms with van der Waals surface area (Å²) in [5.41, 5.74) is 1.26. The smallest absolute Gasteiger partial charge is 0.123 e. The van der Waals surface area contributed by atoms with E-state index < -0.39 is 0 Å². The Hall–Kier alpha value is -1.18. The molecule has 23 heavy (non-hydrogen) atoms. The predicted octanol–water partition coefficient (Wildman–Crippen LogP) is 7.00. The van der Waals surface area contributed by atoms with Crippen molar-refractivity contribution >= 4 is 0 Å². The number of benzene rings is 1. The standard InChI is InChI=1S/C21H30F2/c22-17-5-3-1-2-4-6-18-7-9-19(10-8-18)11-12-20-13-15-21(23)16-14-20/h5,13-19H,1-4,6-12H2/b17-5+. The van der Waals surface area contributed by atoms with Crippen LogP contribution in [0.15, 0.2) is 36.7 Å². The number of hydrogen-bond acceptors (Lipinski definition) is 0. The maximum Gasteiger partial charge on any atom is 0.123 e. The van der Waals surface area contributed by atoms with Crippen LogP contribution in [0.1, 0.15) is 69.8 Å². The summed E-state index contributed by atoms with van der Waals surface area (Å²) in [5.74, 6) is 1.62. The Kier molecular flexibility index (Phi) is 8.35. The summed E-state index contributed by atoms with van der Waals surface area (Å²) in [5, 5.41) is 0. The van der Waals surface area contributed by atoms with Gasteiger partial charge in [0, 0.05) is 0 Å². The number of unbranched alkanes of at least 4 members (excludes halogenated alkanes) is 3. The minimum absolute atomic E-state index is 0.144. The zero-order chi connectivity index (χ0) is 16.3. The van der Waals surface area contributed by atoms with Crippen molar-refractivity contribution in [3.05, 3.63) is 48.1 Å². The zero-order valence-electron chi connectivity index (χ0n) is 14.2. The van der Waals surface area contributed by atoms with Crippen LogP contribution in [-0.4, -0.2) is 0 Å². The van der Waals surface area contributed by atoms with E-state index in [-0.39, 0.29) is 5.82 Å². The van der Waals surface area contributed by atoms with E-state index in [2.05, 4.69) is 0 Å². The first-order valence-electron chi connectivity index (χ1n) is 9.27. The first kappa shape index (κ1) is 18.2. The van der Waals surface area contributed by atoms with Crippen LogP contribution in [0.2, 0.25) is 0 Å². The molecule has 0 nitrogen and oxygen atoms in total. The molecule has 0 atom stereocenters. The highest BCUT2D eigenvalue weighted by Gasteiger charge is 2.20. The first-order valence-corrected chi connectivity index (χ1v) is 9.27. The van der Waals surface area contributed by atoms with Gasteiger partial charge in [-0.2, -0.15) is 0 Å². The lowest BCUT2D eigenvalue weighted by Crippen LogP contribution is -2.15. The lowest BCUT2D eigenvalue weighted by Gasteiger charge is -2.28. The highest BCUT2D eigenvalue weighted by Crippen LogP contribution is 2.34. The molecular formula is C21H30F2. The van der Waals surface area contributed by atoms with Crippen molar-refractivity contribution in [2.45, 2.75) is 70.6 Å². The summed E-state index contributed by atoms with van der Waals surface area (Å²) in [6.45, 7) is 0. The summed E-state index contributed by atoms with van der Waals surface area (Å²) < 4.78 is 24.7. The minimum Gasteiger partial charge on any atom is -0.216 e. The lowest BCUT2D eigenvalue weighted by molar-refractivity contribution is 0.249. The second-order valence-electron chi connectivity index (χ2n) is 7.05. The molecule has 128 valence electrons. The van der Waals surface area contributed by atoms with Gasteiger partial charge in [-0.25, -0.2) is 8.78 Å². The molecule has 2 rings (SSSR count). The van der Waals surface area contributed by atoms with Gasteiger partial charge in [-0.3, -0.25) is 0 Å². The first-order chi connectivity index (χ1) is 11.3. The minimum atomic E-state index is -0.144. The van der Waals surface area contributed by atoms with E-state index in [0.717, 1.165) is 31.1 Å². The molecule has 0 N–H and O–H groups in total. The van der Waals surface area contributed by atoms with E-state index in [4.69, 9.17) is 0 Å². The maximum atomic E-state index is 12.9. The predicted molar refractivity (Wildman–Crippen MR) is 93.5 cm³/mol. The summed E-state index contributed by atoms with van der Waals surface area (Å²) in [7, 11) is 0. The van der Waals surface area contributed by atoms with Gasteiger partial charge >= 0.3 is 0 Å². The fourth-order valence-corrected chi connectivity index (χ4v) is 3.77. The molecule has 1 aromatic carbocycles. The summed E-state index contributed by atoms with van der Waals surface area (Å²) in [6.07, 6.45) is 15.9. The number of rotatable bonds is 9. The number of hydrogen-bond donors (Lipinski definition) is 0. The number of halogens is 2. The third-order valence-corrected chi connectivity index (χ3v) is 5.29. The molecular weight excluding hydrogens is 290 g/mol. The van der Waals surface area contributed by atoms with Gasteiger partial charge < -0.3 is 0 Å². The van der Waals surface area contributed by atoms with Crippen molar-refractivity contribution < 1.29 is 8.78 Å². The summed E-state index contributed by atoms with van der Waals surface area (Å²) in [6, 6.07) is 6.96. The van der Waals surface area contributed by atoms with Crippen LogP contribution < -0.4 is 0 Å². The maximum absolute atomic E-state index is 12.9. The van der Waals surface area contributed by atoms with E-state index in [1.165, 1.54) is 56.9 Å². The Morgan fingerprint density at radius 2 is 1.52 bits per heavy atom. The Balaban J connectivity index is 1.54. The fraction of sp³-hybridized carbons (Fsp3) is 0.619. The summed E-state index contributed by atoms with van der Waals surface area (Å²) >= 11 is 0. The van der Waals surface area contributed by atoms with Gasteiger partial charge in [0.25, 0.3) is 0 Å². The molecule has 1 aliphatic carbocycles. The average Bonchev–Trinajstić information content (AvgIpc) is 2.58. The number of aryl methyl sites for hydroxylation is 1. The van der Waals surface area contributed by atoms with Crippen molar-refractivity contribution in [3.8, 4) is 0 Å². The van der Waals surface area contributed by atoms with Gasteiger partial charge in [-0.05, 0) is 55.2 Å². The largest absolute Gasteiger partial charge is 0.216 e. The van der Waals surface area contributed by atoms with Crippen LogP contribution in [0, 0.1) is 17.7 Å². The normalized spacial score (nSPS) is 21.8. The molecule has 0 amide bonds. The molecule has 1 saturated carbocycles. The molecule has 0 aliphatic heterocycles. The van der Waals surface area contributed by atoms with Crippen LogP contribution in [0.25, 0.3) is 0 Å². The van der Waals surface area contributed by atoms with Gasteiger partial charge in [0.05, 0.1) is 6.33 Å². The summed E-state index contributed by atoms with van der Waals surface area (Å²) in [4.78, 5) is 0. The Morgan fingerprint density at radius 1 is 0.870 bits per heavy atom. The van der Waals surface area contributed by atoms with E-state index in [9.17, 15) is 8.78 Å². The average molecular weight is 320 g/mol. The Labute approximate surface area is 140 Å². The van der Waals surface area contributed by atoms with Crippen LogP contribution in [0.4, 0.5) is 8.78 Å². The topological polar surface area (TPSA) is 0 Å². The fourth-order valence-electron chi connectivity index (χ4n) is 3.77. The highest BCUT2D eigenvalue weighted by atomic mass is 19.1.